The lowest BCUT2D eigenvalue weighted by Crippen LogP contribution is -2.37. The number of ether oxygens (including phenoxy) is 3. The number of aliphatic hydroxyl groups excluding tert-OH is 1. The van der Waals surface area contributed by atoms with Gasteiger partial charge in [0.15, 0.2) is 11.5 Å². The van der Waals surface area contributed by atoms with Crippen LogP contribution in [0.2, 0.25) is 0 Å². The van der Waals surface area contributed by atoms with Crippen LogP contribution in [0, 0.1) is 0 Å². The molecule has 2 amide bonds. The predicted molar refractivity (Wildman–Crippen MR) is 110 cm³/mol. The van der Waals surface area contributed by atoms with E-state index in [1.165, 1.54) is 32.5 Å². The van der Waals surface area contributed by atoms with E-state index in [-0.39, 0.29) is 31.4 Å². The fourth-order valence-electron chi connectivity index (χ4n) is 2.64. The summed E-state index contributed by atoms with van der Waals surface area (Å²) in [5.41, 5.74) is 0. The minimum atomic E-state index is -0.936. The van der Waals surface area contributed by atoms with Gasteiger partial charge in [-0.25, -0.2) is 0 Å². The number of carbonyl (C=O) groups is 2. The lowest BCUT2D eigenvalue weighted by molar-refractivity contribution is -0.123. The van der Waals surface area contributed by atoms with Gasteiger partial charge in [-0.1, -0.05) is 12.1 Å². The zero-order valence-corrected chi connectivity index (χ0v) is 17.5. The van der Waals surface area contributed by atoms with E-state index in [9.17, 15) is 14.7 Å². The smallest absolute Gasteiger partial charge is 0.222 e. The maximum absolute atomic E-state index is 12.3. The van der Waals surface area contributed by atoms with Gasteiger partial charge in [-0.2, -0.15) is 0 Å². The van der Waals surface area contributed by atoms with Crippen LogP contribution in [-0.2, 0) is 9.59 Å². The van der Waals surface area contributed by atoms with Crippen molar-refractivity contribution in [1.29, 1.82) is 0 Å². The Hall–Kier alpha value is -2.78. The van der Waals surface area contributed by atoms with Gasteiger partial charge in [0, 0.05) is 18.3 Å². The van der Waals surface area contributed by atoms with Gasteiger partial charge in [0.25, 0.3) is 0 Å². The van der Waals surface area contributed by atoms with Crippen LogP contribution in [0.5, 0.6) is 17.2 Å². The third kappa shape index (κ3) is 6.95. The van der Waals surface area contributed by atoms with E-state index in [0.717, 1.165) is 4.88 Å². The first-order valence-corrected chi connectivity index (χ1v) is 9.91. The van der Waals surface area contributed by atoms with E-state index in [1.807, 2.05) is 17.5 Å². The highest BCUT2D eigenvalue weighted by atomic mass is 32.1. The summed E-state index contributed by atoms with van der Waals surface area (Å²) in [4.78, 5) is 24.6. The number of hydrogen-bond donors (Lipinski definition) is 3. The second kappa shape index (κ2) is 11.3. The molecule has 0 fully saturated rings. The Morgan fingerprint density at radius 1 is 1.14 bits per heavy atom. The minimum Gasteiger partial charge on any atom is -0.493 e. The van der Waals surface area contributed by atoms with Crippen molar-refractivity contribution in [2.75, 3.05) is 27.4 Å². The topological polar surface area (TPSA) is 106 Å². The van der Waals surface area contributed by atoms with Crippen molar-refractivity contribution in [3.63, 3.8) is 0 Å². The van der Waals surface area contributed by atoms with Crippen LogP contribution in [0.3, 0.4) is 0 Å². The number of amides is 2. The van der Waals surface area contributed by atoms with E-state index in [2.05, 4.69) is 10.6 Å². The second-order valence-corrected chi connectivity index (χ2v) is 7.21. The number of methoxy groups -OCH3 is 2. The molecule has 0 aliphatic heterocycles. The van der Waals surface area contributed by atoms with Crippen LogP contribution in [0.15, 0.2) is 35.7 Å². The number of para-hydroxylation sites is 1. The molecular formula is C20H26N2O6S. The normalized spacial score (nSPS) is 12.6. The van der Waals surface area contributed by atoms with Crippen LogP contribution >= 0.6 is 11.3 Å². The third-order valence-electron chi connectivity index (χ3n) is 3.99. The molecule has 0 spiro atoms. The molecule has 8 nitrogen and oxygen atoms in total. The van der Waals surface area contributed by atoms with Crippen molar-refractivity contribution < 1.29 is 28.9 Å². The summed E-state index contributed by atoms with van der Waals surface area (Å²) in [6, 6.07) is 8.53. The number of aliphatic hydroxyl groups is 1. The lowest BCUT2D eigenvalue weighted by atomic mass is 10.1. The number of thiophene rings is 1. The van der Waals surface area contributed by atoms with Crippen LogP contribution in [0.1, 0.15) is 24.3 Å². The molecule has 158 valence electrons. The first-order valence-electron chi connectivity index (χ1n) is 9.03. The molecule has 2 unspecified atom stereocenters. The molecular weight excluding hydrogens is 396 g/mol. The zero-order chi connectivity index (χ0) is 21.2. The summed E-state index contributed by atoms with van der Waals surface area (Å²) in [7, 11) is 3.02. The molecule has 3 N–H and O–H groups in total. The Labute approximate surface area is 173 Å². The van der Waals surface area contributed by atoms with Crippen molar-refractivity contribution in [2.24, 2.45) is 0 Å². The number of nitrogens with one attached hydrogen (secondary N) is 2. The van der Waals surface area contributed by atoms with Crippen LogP contribution < -0.4 is 24.8 Å². The van der Waals surface area contributed by atoms with E-state index < -0.39 is 12.1 Å². The Kier molecular flexibility index (Phi) is 8.75. The molecule has 0 saturated carbocycles. The first-order chi connectivity index (χ1) is 13.9. The monoisotopic (exact) mass is 422 g/mol. The Morgan fingerprint density at radius 2 is 1.83 bits per heavy atom. The van der Waals surface area contributed by atoms with Gasteiger partial charge in [0.2, 0.25) is 17.6 Å². The maximum Gasteiger partial charge on any atom is 0.222 e. The van der Waals surface area contributed by atoms with Crippen molar-refractivity contribution in [3.8, 4) is 17.2 Å². The molecule has 9 heteroatoms. The highest BCUT2D eigenvalue weighted by Gasteiger charge is 2.19. The molecule has 0 radical (unpaired) electrons. The summed E-state index contributed by atoms with van der Waals surface area (Å²) in [5, 5.41) is 17.5. The van der Waals surface area contributed by atoms with Gasteiger partial charge >= 0.3 is 0 Å². The molecule has 2 atom stereocenters. The molecule has 0 aliphatic rings. The van der Waals surface area contributed by atoms with Gasteiger partial charge in [-0.3, -0.25) is 9.59 Å². The number of benzene rings is 1. The Balaban J connectivity index is 1.85. The van der Waals surface area contributed by atoms with Gasteiger partial charge in [-0.15, -0.1) is 11.3 Å². The SMILES string of the molecule is COc1cccc(OC)c1OCC(O)CNC(=O)CC(NC(C)=O)c1cccs1. The maximum atomic E-state index is 12.3. The number of carbonyl (C=O) groups excluding carboxylic acids is 2. The average Bonchev–Trinajstić information content (AvgIpc) is 3.24. The van der Waals surface area contributed by atoms with Crippen LogP contribution in [0.4, 0.5) is 0 Å². The fourth-order valence-corrected chi connectivity index (χ4v) is 3.42. The molecule has 0 bridgehead atoms. The highest BCUT2D eigenvalue weighted by molar-refractivity contribution is 7.10. The molecule has 1 aromatic heterocycles. The molecule has 2 rings (SSSR count). The van der Waals surface area contributed by atoms with Crippen molar-refractivity contribution >= 4 is 23.2 Å². The third-order valence-corrected chi connectivity index (χ3v) is 4.98. The van der Waals surface area contributed by atoms with E-state index in [0.29, 0.717) is 17.2 Å². The summed E-state index contributed by atoms with van der Waals surface area (Å²) in [6.07, 6.45) is -0.858. The zero-order valence-electron chi connectivity index (χ0n) is 16.6. The quantitative estimate of drug-likeness (QED) is 0.511. The second-order valence-electron chi connectivity index (χ2n) is 6.23. The van der Waals surface area contributed by atoms with Gasteiger partial charge in [-0.05, 0) is 23.6 Å². The summed E-state index contributed by atoms with van der Waals surface area (Å²) in [5.74, 6) is 0.845. The van der Waals surface area contributed by atoms with E-state index >= 15 is 0 Å². The van der Waals surface area contributed by atoms with Crippen LogP contribution in [-0.4, -0.2) is 50.4 Å². The minimum absolute atomic E-state index is 0.00747. The van der Waals surface area contributed by atoms with E-state index in [1.54, 1.807) is 18.2 Å². The van der Waals surface area contributed by atoms with Crippen LogP contribution in [0.25, 0.3) is 0 Å². The lowest BCUT2D eigenvalue weighted by Gasteiger charge is -2.18. The average molecular weight is 423 g/mol. The summed E-state index contributed by atoms with van der Waals surface area (Å²) < 4.78 is 16.1. The fraction of sp³-hybridized carbons (Fsp3) is 0.400. The molecule has 1 heterocycles. The standard InChI is InChI=1S/C20H26N2O6S/c1-13(23)22-15(18-8-5-9-29-18)10-19(25)21-11-14(24)12-28-20-16(26-2)6-4-7-17(20)27-3/h4-9,14-15,24H,10-12H2,1-3H3,(H,21,25)(H,22,23). The number of hydrogen-bond acceptors (Lipinski definition) is 7. The Bertz CT molecular complexity index is 774. The molecule has 0 saturated heterocycles. The highest BCUT2D eigenvalue weighted by Crippen LogP contribution is 2.36. The van der Waals surface area contributed by atoms with E-state index in [4.69, 9.17) is 14.2 Å². The molecule has 1 aromatic carbocycles. The van der Waals surface area contributed by atoms with Gasteiger partial charge in [0.1, 0.15) is 12.7 Å². The summed E-state index contributed by atoms with van der Waals surface area (Å²) >= 11 is 1.46. The molecule has 29 heavy (non-hydrogen) atoms. The molecule has 0 aliphatic carbocycles. The predicted octanol–water partition coefficient (Wildman–Crippen LogP) is 1.89. The summed E-state index contributed by atoms with van der Waals surface area (Å²) in [6.45, 7) is 1.36. The Morgan fingerprint density at radius 3 is 2.38 bits per heavy atom. The van der Waals surface area contributed by atoms with Crippen molar-refractivity contribution in [3.05, 3.63) is 40.6 Å². The number of rotatable bonds is 11. The molecule has 2 aromatic rings. The largest absolute Gasteiger partial charge is 0.493 e. The van der Waals surface area contributed by atoms with Gasteiger partial charge < -0.3 is 30.0 Å². The van der Waals surface area contributed by atoms with Gasteiger partial charge in [0.05, 0.1) is 26.7 Å². The van der Waals surface area contributed by atoms with Crippen molar-refractivity contribution in [2.45, 2.75) is 25.5 Å². The first kappa shape index (κ1) is 22.5. The van der Waals surface area contributed by atoms with Crippen molar-refractivity contribution in [1.82, 2.24) is 10.6 Å².